The molecule has 0 spiro atoms. The summed E-state index contributed by atoms with van der Waals surface area (Å²) in [6.07, 6.45) is 2.34. The molecule has 1 aromatic carbocycles. The molecular weight excluding hydrogens is 176 g/mol. The first-order valence-electron chi connectivity index (χ1n) is 4.97. The van der Waals surface area contributed by atoms with Crippen molar-refractivity contribution in [3.63, 3.8) is 0 Å². The molecule has 2 heteroatoms. The van der Waals surface area contributed by atoms with E-state index < -0.39 is 0 Å². The summed E-state index contributed by atoms with van der Waals surface area (Å²) >= 11 is 0. The summed E-state index contributed by atoms with van der Waals surface area (Å²) in [5, 5.41) is 0. The second kappa shape index (κ2) is 3.45. The first-order chi connectivity index (χ1) is 6.66. The van der Waals surface area contributed by atoms with Gasteiger partial charge in [0.2, 0.25) is 0 Å². The van der Waals surface area contributed by atoms with Crippen LogP contribution in [0.2, 0.25) is 0 Å². The maximum absolute atomic E-state index is 11.2. The number of hydrogen-bond acceptors (Lipinski definition) is 2. The SMILES string of the molecule is CC(=O)c1ccc2c(c1)CCC(C)O2. The second-order valence-corrected chi connectivity index (χ2v) is 3.85. The number of carbonyl (C=O) groups excluding carboxylic acids is 1. The van der Waals surface area contributed by atoms with Crippen LogP contribution >= 0.6 is 0 Å². The molecule has 1 aliphatic heterocycles. The topological polar surface area (TPSA) is 26.3 Å². The number of rotatable bonds is 1. The molecule has 1 atom stereocenters. The van der Waals surface area contributed by atoms with Gasteiger partial charge in [-0.25, -0.2) is 0 Å². The third-order valence-corrected chi connectivity index (χ3v) is 2.62. The fourth-order valence-electron chi connectivity index (χ4n) is 1.74. The lowest BCUT2D eigenvalue weighted by molar-refractivity contribution is 0.101. The molecule has 1 heterocycles. The van der Waals surface area contributed by atoms with E-state index in [2.05, 4.69) is 6.92 Å². The molecule has 14 heavy (non-hydrogen) atoms. The third-order valence-electron chi connectivity index (χ3n) is 2.62. The molecule has 1 aliphatic rings. The summed E-state index contributed by atoms with van der Waals surface area (Å²) in [6.45, 7) is 3.66. The van der Waals surface area contributed by atoms with Gasteiger partial charge in [-0.15, -0.1) is 0 Å². The maximum atomic E-state index is 11.2. The monoisotopic (exact) mass is 190 g/mol. The summed E-state index contributed by atoms with van der Waals surface area (Å²) in [7, 11) is 0. The second-order valence-electron chi connectivity index (χ2n) is 3.85. The Kier molecular flexibility index (Phi) is 2.28. The maximum Gasteiger partial charge on any atom is 0.159 e. The van der Waals surface area contributed by atoms with Gasteiger partial charge in [-0.2, -0.15) is 0 Å². The van der Waals surface area contributed by atoms with Crippen molar-refractivity contribution in [2.75, 3.05) is 0 Å². The van der Waals surface area contributed by atoms with Gasteiger partial charge in [0.05, 0.1) is 6.10 Å². The quantitative estimate of drug-likeness (QED) is 0.636. The van der Waals surface area contributed by atoms with Gasteiger partial charge in [-0.3, -0.25) is 4.79 Å². The zero-order valence-electron chi connectivity index (χ0n) is 8.54. The van der Waals surface area contributed by atoms with Crippen molar-refractivity contribution in [3.05, 3.63) is 29.3 Å². The highest BCUT2D eigenvalue weighted by Crippen LogP contribution is 2.28. The molecule has 0 aliphatic carbocycles. The molecule has 74 valence electrons. The van der Waals surface area contributed by atoms with Crippen molar-refractivity contribution in [1.29, 1.82) is 0 Å². The smallest absolute Gasteiger partial charge is 0.159 e. The average Bonchev–Trinajstić information content (AvgIpc) is 2.16. The van der Waals surface area contributed by atoms with Crippen molar-refractivity contribution in [2.24, 2.45) is 0 Å². The summed E-state index contributed by atoms with van der Waals surface area (Å²) in [4.78, 5) is 11.2. The van der Waals surface area contributed by atoms with Gasteiger partial charge in [0, 0.05) is 5.56 Å². The highest BCUT2D eigenvalue weighted by molar-refractivity contribution is 5.94. The van der Waals surface area contributed by atoms with Crippen molar-refractivity contribution >= 4 is 5.78 Å². The fourth-order valence-corrected chi connectivity index (χ4v) is 1.74. The van der Waals surface area contributed by atoms with E-state index in [9.17, 15) is 4.79 Å². The van der Waals surface area contributed by atoms with E-state index in [0.29, 0.717) is 6.10 Å². The number of carbonyl (C=O) groups is 1. The molecule has 0 saturated heterocycles. The Hall–Kier alpha value is -1.31. The Morgan fingerprint density at radius 2 is 2.29 bits per heavy atom. The van der Waals surface area contributed by atoms with Crippen molar-refractivity contribution < 1.29 is 9.53 Å². The number of ketones is 1. The fraction of sp³-hybridized carbons (Fsp3) is 0.417. The van der Waals surface area contributed by atoms with E-state index in [1.807, 2.05) is 18.2 Å². The minimum Gasteiger partial charge on any atom is -0.490 e. The normalized spacial score (nSPS) is 19.7. The summed E-state index contributed by atoms with van der Waals surface area (Å²) in [5.74, 6) is 1.06. The number of aryl methyl sites for hydroxylation is 1. The molecule has 0 saturated carbocycles. The van der Waals surface area contributed by atoms with Gasteiger partial charge in [-0.05, 0) is 50.5 Å². The van der Waals surface area contributed by atoms with Crippen LogP contribution in [0.4, 0.5) is 0 Å². The van der Waals surface area contributed by atoms with E-state index >= 15 is 0 Å². The van der Waals surface area contributed by atoms with E-state index in [0.717, 1.165) is 29.7 Å². The van der Waals surface area contributed by atoms with Crippen LogP contribution in [-0.2, 0) is 6.42 Å². The number of ether oxygens (including phenoxy) is 1. The minimum absolute atomic E-state index is 0.117. The predicted molar refractivity (Wildman–Crippen MR) is 54.9 cm³/mol. The van der Waals surface area contributed by atoms with Gasteiger partial charge >= 0.3 is 0 Å². The molecule has 1 unspecified atom stereocenters. The van der Waals surface area contributed by atoms with Gasteiger partial charge in [-0.1, -0.05) is 0 Å². The zero-order valence-corrected chi connectivity index (χ0v) is 8.54. The van der Waals surface area contributed by atoms with Gasteiger partial charge < -0.3 is 4.74 Å². The molecule has 0 amide bonds. The van der Waals surface area contributed by atoms with Gasteiger partial charge in [0.15, 0.2) is 5.78 Å². The summed E-state index contributed by atoms with van der Waals surface area (Å²) < 4.78 is 5.66. The Labute approximate surface area is 83.9 Å². The molecule has 1 aromatic rings. The third kappa shape index (κ3) is 1.65. The summed E-state index contributed by atoms with van der Waals surface area (Å²) in [6, 6.07) is 5.68. The first-order valence-corrected chi connectivity index (χ1v) is 4.97. The molecule has 0 bridgehead atoms. The highest BCUT2D eigenvalue weighted by Gasteiger charge is 2.16. The van der Waals surface area contributed by atoms with Crippen LogP contribution in [0, 0.1) is 0 Å². The number of benzene rings is 1. The average molecular weight is 190 g/mol. The lowest BCUT2D eigenvalue weighted by Crippen LogP contribution is -2.19. The zero-order chi connectivity index (χ0) is 10.1. The number of Topliss-reactive ketones (excluding diaryl/α,β-unsaturated/α-hetero) is 1. The van der Waals surface area contributed by atoms with E-state index in [-0.39, 0.29) is 5.78 Å². The highest BCUT2D eigenvalue weighted by atomic mass is 16.5. The largest absolute Gasteiger partial charge is 0.490 e. The molecule has 0 radical (unpaired) electrons. The van der Waals surface area contributed by atoms with Gasteiger partial charge in [0.25, 0.3) is 0 Å². The van der Waals surface area contributed by atoms with E-state index in [4.69, 9.17) is 4.74 Å². The van der Waals surface area contributed by atoms with Crippen LogP contribution in [0.15, 0.2) is 18.2 Å². The van der Waals surface area contributed by atoms with Crippen LogP contribution in [-0.4, -0.2) is 11.9 Å². The first kappa shape index (κ1) is 9.25. The molecule has 2 nitrogen and oxygen atoms in total. The summed E-state index contributed by atoms with van der Waals surface area (Å²) in [5.41, 5.74) is 1.94. The Bertz CT molecular complexity index is 369. The van der Waals surface area contributed by atoms with Crippen LogP contribution in [0.25, 0.3) is 0 Å². The Morgan fingerprint density at radius 3 is 3.00 bits per heavy atom. The number of fused-ring (bicyclic) bond motifs is 1. The molecular formula is C12H14O2. The van der Waals surface area contributed by atoms with Crippen LogP contribution in [0.1, 0.15) is 36.2 Å². The van der Waals surface area contributed by atoms with Crippen LogP contribution in [0.5, 0.6) is 5.75 Å². The minimum atomic E-state index is 0.117. The predicted octanol–water partition coefficient (Wildman–Crippen LogP) is 2.60. The van der Waals surface area contributed by atoms with Crippen LogP contribution < -0.4 is 4.74 Å². The van der Waals surface area contributed by atoms with Crippen molar-refractivity contribution in [2.45, 2.75) is 32.8 Å². The molecule has 2 rings (SSSR count). The van der Waals surface area contributed by atoms with Crippen LogP contribution in [0.3, 0.4) is 0 Å². The number of hydrogen-bond donors (Lipinski definition) is 0. The van der Waals surface area contributed by atoms with Crippen molar-refractivity contribution in [3.8, 4) is 5.75 Å². The van der Waals surface area contributed by atoms with Gasteiger partial charge in [0.1, 0.15) is 5.75 Å². The Morgan fingerprint density at radius 1 is 1.50 bits per heavy atom. The Balaban J connectivity index is 2.36. The standard InChI is InChI=1S/C12H14O2/c1-8-3-4-11-7-10(9(2)13)5-6-12(11)14-8/h5-8H,3-4H2,1-2H3. The van der Waals surface area contributed by atoms with E-state index in [1.165, 1.54) is 0 Å². The molecule has 0 aromatic heterocycles. The van der Waals surface area contributed by atoms with E-state index in [1.54, 1.807) is 6.92 Å². The molecule has 0 N–H and O–H groups in total. The lowest BCUT2D eigenvalue weighted by atomic mass is 9.99. The van der Waals surface area contributed by atoms with Crippen molar-refractivity contribution in [1.82, 2.24) is 0 Å². The lowest BCUT2D eigenvalue weighted by Gasteiger charge is -2.23. The molecule has 0 fully saturated rings.